The van der Waals surface area contributed by atoms with Crippen LogP contribution in [0.15, 0.2) is 28.1 Å². The second kappa shape index (κ2) is 5.99. The van der Waals surface area contributed by atoms with Crippen molar-refractivity contribution < 1.29 is 9.90 Å². The molecule has 1 aliphatic rings. The van der Waals surface area contributed by atoms with Crippen LogP contribution in [0.2, 0.25) is 5.02 Å². The Morgan fingerprint density at radius 3 is 3.00 bits per heavy atom. The van der Waals surface area contributed by atoms with Gasteiger partial charge in [0.05, 0.1) is 20.4 Å². The topological polar surface area (TPSA) is 49.3 Å². The summed E-state index contributed by atoms with van der Waals surface area (Å²) < 4.78 is 1.14. The molecule has 1 aromatic carbocycles. The van der Waals surface area contributed by atoms with Crippen LogP contribution < -0.4 is 5.32 Å². The van der Waals surface area contributed by atoms with Crippen molar-refractivity contribution in [1.82, 2.24) is 0 Å². The van der Waals surface area contributed by atoms with Crippen LogP contribution in [0, 0.1) is 0 Å². The second-order valence-corrected chi connectivity index (χ2v) is 7.94. The Bertz CT molecular complexity index is 701. The van der Waals surface area contributed by atoms with Crippen LogP contribution in [0.3, 0.4) is 0 Å². The fraction of sp³-hybridized carbons (Fsp3) is 0.267. The predicted molar refractivity (Wildman–Crippen MR) is 89.7 cm³/mol. The molecule has 0 radical (unpaired) electrons. The van der Waals surface area contributed by atoms with Gasteiger partial charge >= 0.3 is 5.97 Å². The molecule has 21 heavy (non-hydrogen) atoms. The van der Waals surface area contributed by atoms with Crippen LogP contribution in [0.4, 0.5) is 5.69 Å². The van der Waals surface area contributed by atoms with E-state index in [0.717, 1.165) is 28.7 Å². The number of halogens is 2. The lowest BCUT2D eigenvalue weighted by atomic mass is 9.94. The number of carbonyl (C=O) groups is 1. The summed E-state index contributed by atoms with van der Waals surface area (Å²) in [6.07, 6.45) is 3.29. The van der Waals surface area contributed by atoms with E-state index in [1.54, 1.807) is 23.5 Å². The van der Waals surface area contributed by atoms with Crippen molar-refractivity contribution in [1.29, 1.82) is 0 Å². The first-order valence-electron chi connectivity index (χ1n) is 6.62. The van der Waals surface area contributed by atoms with E-state index in [1.165, 1.54) is 10.4 Å². The molecule has 3 rings (SSSR count). The van der Waals surface area contributed by atoms with Crippen molar-refractivity contribution in [3.05, 3.63) is 49.1 Å². The number of hydrogen-bond donors (Lipinski definition) is 2. The smallest absolute Gasteiger partial charge is 0.337 e. The molecule has 0 bridgehead atoms. The van der Waals surface area contributed by atoms with Crippen molar-refractivity contribution >= 4 is 50.5 Å². The van der Waals surface area contributed by atoms with Gasteiger partial charge in [0.1, 0.15) is 0 Å². The number of aromatic carboxylic acids is 1. The maximum Gasteiger partial charge on any atom is 0.337 e. The van der Waals surface area contributed by atoms with Crippen molar-refractivity contribution in [3.63, 3.8) is 0 Å². The van der Waals surface area contributed by atoms with E-state index in [0.29, 0.717) is 0 Å². The zero-order chi connectivity index (χ0) is 15.0. The average Bonchev–Trinajstić information content (AvgIpc) is 2.82. The Kier molecular flexibility index (Phi) is 4.24. The molecule has 110 valence electrons. The van der Waals surface area contributed by atoms with Gasteiger partial charge in [0, 0.05) is 10.6 Å². The molecular weight excluding hydrogens is 374 g/mol. The molecule has 6 heteroatoms. The molecule has 0 spiro atoms. The third-order valence-corrected chi connectivity index (χ3v) is 5.66. The van der Waals surface area contributed by atoms with Crippen LogP contribution >= 0.6 is 38.9 Å². The monoisotopic (exact) mass is 385 g/mol. The van der Waals surface area contributed by atoms with Gasteiger partial charge in [-0.05, 0) is 65.0 Å². The minimum atomic E-state index is -1.01. The molecule has 3 nitrogen and oxygen atoms in total. The molecule has 0 saturated heterocycles. The molecule has 0 amide bonds. The molecule has 2 N–H and O–H groups in total. The maximum atomic E-state index is 11.2. The lowest BCUT2D eigenvalue weighted by Gasteiger charge is -2.24. The van der Waals surface area contributed by atoms with E-state index >= 15 is 0 Å². The normalized spacial score (nSPS) is 17.3. The number of carboxylic acid groups (broad SMARTS) is 1. The van der Waals surface area contributed by atoms with Crippen LogP contribution in [-0.4, -0.2) is 11.1 Å². The highest BCUT2D eigenvalue weighted by Crippen LogP contribution is 2.39. The zero-order valence-electron chi connectivity index (χ0n) is 11.0. The number of benzene rings is 1. The van der Waals surface area contributed by atoms with Gasteiger partial charge in [-0.15, -0.1) is 11.3 Å². The Morgan fingerprint density at radius 2 is 2.24 bits per heavy atom. The van der Waals surface area contributed by atoms with E-state index in [1.807, 2.05) is 6.07 Å². The van der Waals surface area contributed by atoms with Crippen LogP contribution in [-0.2, 0) is 6.42 Å². The highest BCUT2D eigenvalue weighted by Gasteiger charge is 2.23. The minimum absolute atomic E-state index is 0.129. The van der Waals surface area contributed by atoms with E-state index < -0.39 is 5.97 Å². The Morgan fingerprint density at radius 1 is 1.43 bits per heavy atom. The summed E-state index contributed by atoms with van der Waals surface area (Å²) in [5, 5.41) is 12.8. The lowest BCUT2D eigenvalue weighted by molar-refractivity contribution is 0.0697. The standard InChI is InChI=1S/C15H13BrClNO2S/c16-14-7-10-12(2-1-3-13(10)21-14)18-8-4-5-11(17)9(6-8)15(19)20/h4-7,12,18H,1-3H2,(H,19,20). The lowest BCUT2D eigenvalue weighted by Crippen LogP contribution is -2.16. The first-order valence-corrected chi connectivity index (χ1v) is 8.61. The number of rotatable bonds is 3. The van der Waals surface area contributed by atoms with Gasteiger partial charge < -0.3 is 10.4 Å². The van der Waals surface area contributed by atoms with Gasteiger partial charge in [0.25, 0.3) is 0 Å². The molecule has 1 aromatic heterocycles. The third kappa shape index (κ3) is 3.10. The predicted octanol–water partition coefficient (Wildman–Crippen LogP) is 5.35. The highest BCUT2D eigenvalue weighted by atomic mass is 79.9. The van der Waals surface area contributed by atoms with Gasteiger partial charge in [-0.25, -0.2) is 4.79 Å². The summed E-state index contributed by atoms with van der Waals surface area (Å²) in [6, 6.07) is 7.43. The largest absolute Gasteiger partial charge is 0.478 e. The summed E-state index contributed by atoms with van der Waals surface area (Å²) in [5.74, 6) is -1.01. The van der Waals surface area contributed by atoms with E-state index in [4.69, 9.17) is 16.7 Å². The first-order chi connectivity index (χ1) is 10.0. The summed E-state index contributed by atoms with van der Waals surface area (Å²) >= 11 is 11.2. The molecule has 1 heterocycles. The molecule has 0 saturated carbocycles. The number of carboxylic acids is 1. The van der Waals surface area contributed by atoms with Gasteiger partial charge in [-0.3, -0.25) is 0 Å². The average molecular weight is 387 g/mol. The van der Waals surface area contributed by atoms with Crippen LogP contribution in [0.1, 0.15) is 39.7 Å². The zero-order valence-corrected chi connectivity index (χ0v) is 14.2. The van der Waals surface area contributed by atoms with Crippen LogP contribution in [0.5, 0.6) is 0 Å². The van der Waals surface area contributed by atoms with E-state index in [2.05, 4.69) is 27.3 Å². The number of anilines is 1. The third-order valence-electron chi connectivity index (χ3n) is 3.62. The highest BCUT2D eigenvalue weighted by molar-refractivity contribution is 9.11. The number of hydrogen-bond acceptors (Lipinski definition) is 3. The number of aryl methyl sites for hydroxylation is 1. The summed E-state index contributed by atoms with van der Waals surface area (Å²) in [4.78, 5) is 12.6. The molecule has 1 aliphatic carbocycles. The number of nitrogens with one attached hydrogen (secondary N) is 1. The van der Waals surface area contributed by atoms with E-state index in [9.17, 15) is 4.79 Å². The summed E-state index contributed by atoms with van der Waals surface area (Å²) in [7, 11) is 0. The molecule has 2 aromatic rings. The van der Waals surface area contributed by atoms with Gasteiger partial charge in [-0.1, -0.05) is 11.6 Å². The molecule has 0 fully saturated rings. The molecule has 1 atom stereocenters. The van der Waals surface area contributed by atoms with Gasteiger partial charge in [0.15, 0.2) is 0 Å². The fourth-order valence-electron chi connectivity index (χ4n) is 2.65. The fourth-order valence-corrected chi connectivity index (χ4v) is 4.67. The van der Waals surface area contributed by atoms with Crippen molar-refractivity contribution in [3.8, 4) is 0 Å². The molecule has 1 unspecified atom stereocenters. The van der Waals surface area contributed by atoms with Crippen molar-refractivity contribution in [2.75, 3.05) is 5.32 Å². The summed E-state index contributed by atoms with van der Waals surface area (Å²) in [6.45, 7) is 0. The Balaban J connectivity index is 1.88. The van der Waals surface area contributed by atoms with Gasteiger partial charge in [-0.2, -0.15) is 0 Å². The quantitative estimate of drug-likeness (QED) is 0.747. The van der Waals surface area contributed by atoms with Gasteiger partial charge in [0.2, 0.25) is 0 Å². The SMILES string of the molecule is O=C(O)c1cc(NC2CCCc3sc(Br)cc32)ccc1Cl. The number of thiophene rings is 1. The molecular formula is C15H13BrClNO2S. The maximum absolute atomic E-state index is 11.2. The number of fused-ring (bicyclic) bond motifs is 1. The first kappa shape index (κ1) is 14.9. The second-order valence-electron chi connectivity index (χ2n) is 5.02. The van der Waals surface area contributed by atoms with Crippen molar-refractivity contribution in [2.24, 2.45) is 0 Å². The van der Waals surface area contributed by atoms with Crippen molar-refractivity contribution in [2.45, 2.75) is 25.3 Å². The Labute approximate surface area is 140 Å². The minimum Gasteiger partial charge on any atom is -0.478 e. The van der Waals surface area contributed by atoms with Crippen LogP contribution in [0.25, 0.3) is 0 Å². The summed E-state index contributed by atoms with van der Waals surface area (Å²) in [5.41, 5.74) is 2.23. The van der Waals surface area contributed by atoms with E-state index in [-0.39, 0.29) is 16.6 Å². The Hall–Kier alpha value is -1.04. The molecule has 0 aliphatic heterocycles.